The maximum atomic E-state index is 4.63. The minimum Gasteiger partial charge on any atom is -0.355 e. The van der Waals surface area contributed by atoms with Gasteiger partial charge < -0.3 is 5.32 Å². The maximum Gasteiger partial charge on any atom is 0.0629 e. The SMILES string of the molecule is CC(C)c1cccc(C(C)C)c1Nc1ccccc1C=Nc1ccccc1. The van der Waals surface area contributed by atoms with Crippen LogP contribution in [0, 0.1) is 0 Å². The monoisotopic (exact) mass is 356 g/mol. The van der Waals surface area contributed by atoms with Crippen LogP contribution in [0.3, 0.4) is 0 Å². The van der Waals surface area contributed by atoms with Gasteiger partial charge in [-0.1, -0.05) is 82.3 Å². The van der Waals surface area contributed by atoms with E-state index in [-0.39, 0.29) is 0 Å². The molecule has 0 unspecified atom stereocenters. The highest BCUT2D eigenvalue weighted by molar-refractivity contribution is 5.91. The predicted octanol–water partition coefficient (Wildman–Crippen LogP) is 7.43. The molecule has 27 heavy (non-hydrogen) atoms. The zero-order valence-electron chi connectivity index (χ0n) is 16.6. The van der Waals surface area contributed by atoms with Gasteiger partial charge in [0.05, 0.1) is 5.69 Å². The van der Waals surface area contributed by atoms with E-state index in [2.05, 4.69) is 80.5 Å². The summed E-state index contributed by atoms with van der Waals surface area (Å²) in [7, 11) is 0. The van der Waals surface area contributed by atoms with Crippen molar-refractivity contribution >= 4 is 23.3 Å². The van der Waals surface area contributed by atoms with Crippen LogP contribution in [0.25, 0.3) is 0 Å². The molecule has 0 saturated heterocycles. The van der Waals surface area contributed by atoms with Gasteiger partial charge in [0.25, 0.3) is 0 Å². The molecule has 0 heterocycles. The molecular formula is C25H28N2. The molecule has 1 N–H and O–H groups in total. The molecule has 0 aliphatic heterocycles. The van der Waals surface area contributed by atoms with Crippen molar-refractivity contribution in [3.63, 3.8) is 0 Å². The van der Waals surface area contributed by atoms with Crippen molar-refractivity contribution in [1.29, 1.82) is 0 Å². The summed E-state index contributed by atoms with van der Waals surface area (Å²) in [6, 6.07) is 25.0. The van der Waals surface area contributed by atoms with Gasteiger partial charge in [-0.05, 0) is 41.2 Å². The van der Waals surface area contributed by atoms with Crippen molar-refractivity contribution in [3.05, 3.63) is 89.5 Å². The minimum atomic E-state index is 0.455. The van der Waals surface area contributed by atoms with Gasteiger partial charge in [-0.15, -0.1) is 0 Å². The van der Waals surface area contributed by atoms with Gasteiger partial charge in [-0.25, -0.2) is 0 Å². The van der Waals surface area contributed by atoms with Crippen LogP contribution in [-0.2, 0) is 0 Å². The summed E-state index contributed by atoms with van der Waals surface area (Å²) in [6.45, 7) is 8.97. The fraction of sp³-hybridized carbons (Fsp3) is 0.240. The quantitative estimate of drug-likeness (QED) is 0.456. The van der Waals surface area contributed by atoms with Crippen LogP contribution in [0.2, 0.25) is 0 Å². The molecule has 0 atom stereocenters. The van der Waals surface area contributed by atoms with Gasteiger partial charge in [0, 0.05) is 23.2 Å². The highest BCUT2D eigenvalue weighted by Gasteiger charge is 2.14. The number of aliphatic imine (C=N–C) groups is 1. The number of nitrogens with zero attached hydrogens (tertiary/aromatic N) is 1. The standard InChI is InChI=1S/C25H28N2/c1-18(2)22-14-10-15-23(19(3)4)25(22)27-24-16-9-8-11-20(24)17-26-21-12-6-5-7-13-21/h5-19,27H,1-4H3. The van der Waals surface area contributed by atoms with Gasteiger partial charge in [0.2, 0.25) is 0 Å². The van der Waals surface area contributed by atoms with Crippen LogP contribution in [0.1, 0.15) is 56.2 Å². The first-order valence-corrected chi connectivity index (χ1v) is 9.64. The first-order chi connectivity index (χ1) is 13.1. The summed E-state index contributed by atoms with van der Waals surface area (Å²) in [5.41, 5.74) is 7.02. The van der Waals surface area contributed by atoms with E-state index in [0.29, 0.717) is 11.8 Å². The van der Waals surface area contributed by atoms with E-state index in [1.54, 1.807) is 0 Å². The Kier molecular flexibility index (Phi) is 6.08. The second kappa shape index (κ2) is 8.68. The number of anilines is 2. The molecule has 0 radical (unpaired) electrons. The van der Waals surface area contributed by atoms with Crippen LogP contribution in [0.4, 0.5) is 17.1 Å². The van der Waals surface area contributed by atoms with Crippen LogP contribution in [-0.4, -0.2) is 6.21 Å². The summed E-state index contributed by atoms with van der Waals surface area (Å²) in [6.07, 6.45) is 1.94. The van der Waals surface area contributed by atoms with E-state index >= 15 is 0 Å². The zero-order chi connectivity index (χ0) is 19.2. The van der Waals surface area contributed by atoms with Gasteiger partial charge in [0.1, 0.15) is 0 Å². The topological polar surface area (TPSA) is 24.4 Å². The van der Waals surface area contributed by atoms with Crippen molar-refractivity contribution < 1.29 is 0 Å². The van der Waals surface area contributed by atoms with E-state index in [1.807, 2.05) is 36.5 Å². The van der Waals surface area contributed by atoms with Crippen molar-refractivity contribution in [2.24, 2.45) is 4.99 Å². The van der Waals surface area contributed by atoms with Crippen molar-refractivity contribution in [3.8, 4) is 0 Å². The molecule has 0 aliphatic rings. The predicted molar refractivity (Wildman–Crippen MR) is 118 cm³/mol. The molecule has 138 valence electrons. The molecule has 0 aliphatic carbocycles. The maximum absolute atomic E-state index is 4.63. The summed E-state index contributed by atoms with van der Waals surface area (Å²) in [5, 5.41) is 3.72. The summed E-state index contributed by atoms with van der Waals surface area (Å²) in [5.74, 6) is 0.910. The normalized spacial score (nSPS) is 11.5. The van der Waals surface area contributed by atoms with Crippen molar-refractivity contribution in [2.45, 2.75) is 39.5 Å². The van der Waals surface area contributed by atoms with Gasteiger partial charge >= 0.3 is 0 Å². The Balaban J connectivity index is 1.99. The molecule has 0 saturated carbocycles. The molecule has 3 rings (SSSR count). The van der Waals surface area contributed by atoms with E-state index in [1.165, 1.54) is 16.8 Å². The number of nitrogens with one attached hydrogen (secondary N) is 1. The minimum absolute atomic E-state index is 0.455. The average molecular weight is 357 g/mol. The summed E-state index contributed by atoms with van der Waals surface area (Å²) < 4.78 is 0. The first kappa shape index (κ1) is 18.9. The Morgan fingerprint density at radius 3 is 1.93 bits per heavy atom. The Hall–Kier alpha value is -2.87. The van der Waals surface area contributed by atoms with Crippen molar-refractivity contribution in [1.82, 2.24) is 0 Å². The second-order valence-electron chi connectivity index (χ2n) is 7.43. The number of hydrogen-bond acceptors (Lipinski definition) is 2. The third kappa shape index (κ3) is 4.65. The molecule has 0 fully saturated rings. The Morgan fingerprint density at radius 1 is 0.704 bits per heavy atom. The van der Waals surface area contributed by atoms with Gasteiger partial charge in [-0.3, -0.25) is 4.99 Å². The number of rotatable bonds is 6. The molecule has 2 nitrogen and oxygen atoms in total. The van der Waals surface area contributed by atoms with E-state index in [0.717, 1.165) is 16.9 Å². The third-order valence-electron chi connectivity index (χ3n) is 4.70. The Bertz CT molecular complexity index is 882. The lowest BCUT2D eigenvalue weighted by Crippen LogP contribution is -2.05. The van der Waals surface area contributed by atoms with E-state index < -0.39 is 0 Å². The Labute approximate surface area is 163 Å². The molecule has 0 amide bonds. The highest BCUT2D eigenvalue weighted by Crippen LogP contribution is 2.35. The van der Waals surface area contributed by atoms with Crippen LogP contribution >= 0.6 is 0 Å². The number of para-hydroxylation sites is 3. The lowest BCUT2D eigenvalue weighted by Gasteiger charge is -2.21. The summed E-state index contributed by atoms with van der Waals surface area (Å²) in [4.78, 5) is 4.63. The largest absolute Gasteiger partial charge is 0.355 e. The number of hydrogen-bond donors (Lipinski definition) is 1. The van der Waals surface area contributed by atoms with E-state index in [9.17, 15) is 0 Å². The molecule has 2 heteroatoms. The smallest absolute Gasteiger partial charge is 0.0629 e. The molecule has 0 aromatic heterocycles. The molecule has 3 aromatic rings. The van der Waals surface area contributed by atoms with E-state index in [4.69, 9.17) is 0 Å². The van der Waals surface area contributed by atoms with Crippen LogP contribution in [0.15, 0.2) is 77.8 Å². The molecular weight excluding hydrogens is 328 g/mol. The highest BCUT2D eigenvalue weighted by atomic mass is 14.9. The fourth-order valence-electron chi connectivity index (χ4n) is 3.21. The average Bonchev–Trinajstić information content (AvgIpc) is 2.68. The Morgan fingerprint density at radius 2 is 1.30 bits per heavy atom. The number of benzene rings is 3. The van der Waals surface area contributed by atoms with Crippen LogP contribution in [0.5, 0.6) is 0 Å². The lowest BCUT2D eigenvalue weighted by molar-refractivity contribution is 0.838. The molecule has 0 bridgehead atoms. The zero-order valence-corrected chi connectivity index (χ0v) is 16.6. The molecule has 0 spiro atoms. The lowest BCUT2D eigenvalue weighted by atomic mass is 9.92. The van der Waals surface area contributed by atoms with Gasteiger partial charge in [0.15, 0.2) is 0 Å². The van der Waals surface area contributed by atoms with Gasteiger partial charge in [-0.2, -0.15) is 0 Å². The third-order valence-corrected chi connectivity index (χ3v) is 4.70. The van der Waals surface area contributed by atoms with Crippen LogP contribution < -0.4 is 5.32 Å². The van der Waals surface area contributed by atoms with Crippen molar-refractivity contribution in [2.75, 3.05) is 5.32 Å². The molecule has 3 aromatic carbocycles. The first-order valence-electron chi connectivity index (χ1n) is 9.64. The summed E-state index contributed by atoms with van der Waals surface area (Å²) >= 11 is 0. The second-order valence-corrected chi connectivity index (χ2v) is 7.43. The fourth-order valence-corrected chi connectivity index (χ4v) is 3.21.